The van der Waals surface area contributed by atoms with E-state index in [0.717, 1.165) is 49.4 Å². The van der Waals surface area contributed by atoms with E-state index >= 15 is 0 Å². The van der Waals surface area contributed by atoms with Gasteiger partial charge in [0.25, 0.3) is 0 Å². The SMILES string of the molecule is CCOCCCNC1CCOc2ccc(Br)cc21. The van der Waals surface area contributed by atoms with Crippen molar-refractivity contribution in [1.82, 2.24) is 5.32 Å². The Bertz CT molecular complexity index is 384. The summed E-state index contributed by atoms with van der Waals surface area (Å²) in [4.78, 5) is 0. The van der Waals surface area contributed by atoms with Crippen LogP contribution in [0.2, 0.25) is 0 Å². The van der Waals surface area contributed by atoms with Crippen LogP contribution in [-0.2, 0) is 4.74 Å². The number of halogens is 1. The Morgan fingerprint density at radius 3 is 3.22 bits per heavy atom. The molecule has 3 nitrogen and oxygen atoms in total. The number of fused-ring (bicyclic) bond motifs is 1. The molecule has 1 aromatic rings. The van der Waals surface area contributed by atoms with E-state index in [0.29, 0.717) is 6.04 Å². The maximum atomic E-state index is 5.67. The van der Waals surface area contributed by atoms with Gasteiger partial charge in [0.1, 0.15) is 5.75 Å². The van der Waals surface area contributed by atoms with Crippen molar-refractivity contribution < 1.29 is 9.47 Å². The topological polar surface area (TPSA) is 30.5 Å². The van der Waals surface area contributed by atoms with Crippen molar-refractivity contribution >= 4 is 15.9 Å². The molecule has 1 aliphatic heterocycles. The highest BCUT2D eigenvalue weighted by molar-refractivity contribution is 9.10. The molecule has 0 radical (unpaired) electrons. The first kappa shape index (κ1) is 13.8. The number of hydrogen-bond donors (Lipinski definition) is 1. The lowest BCUT2D eigenvalue weighted by Gasteiger charge is -2.27. The summed E-state index contributed by atoms with van der Waals surface area (Å²) in [6.45, 7) is 5.43. The molecule has 1 atom stereocenters. The van der Waals surface area contributed by atoms with E-state index in [1.807, 2.05) is 19.1 Å². The van der Waals surface area contributed by atoms with Crippen LogP contribution < -0.4 is 10.1 Å². The fourth-order valence-corrected chi connectivity index (χ4v) is 2.55. The van der Waals surface area contributed by atoms with E-state index in [9.17, 15) is 0 Å². The second kappa shape index (κ2) is 7.12. The molecule has 1 heterocycles. The van der Waals surface area contributed by atoms with Crippen LogP contribution >= 0.6 is 15.9 Å². The van der Waals surface area contributed by atoms with Crippen molar-refractivity contribution in [3.05, 3.63) is 28.2 Å². The van der Waals surface area contributed by atoms with Gasteiger partial charge >= 0.3 is 0 Å². The Morgan fingerprint density at radius 2 is 2.39 bits per heavy atom. The molecule has 0 bridgehead atoms. The molecule has 0 fully saturated rings. The van der Waals surface area contributed by atoms with Crippen LogP contribution in [0.15, 0.2) is 22.7 Å². The summed E-state index contributed by atoms with van der Waals surface area (Å²) in [5, 5.41) is 3.58. The lowest BCUT2D eigenvalue weighted by molar-refractivity contribution is 0.143. The average molecular weight is 314 g/mol. The zero-order valence-electron chi connectivity index (χ0n) is 10.7. The van der Waals surface area contributed by atoms with Crippen molar-refractivity contribution in [2.24, 2.45) is 0 Å². The number of benzene rings is 1. The predicted octanol–water partition coefficient (Wildman–Crippen LogP) is 3.29. The van der Waals surface area contributed by atoms with Crippen LogP contribution in [0.25, 0.3) is 0 Å². The average Bonchev–Trinajstić information content (AvgIpc) is 2.39. The molecule has 4 heteroatoms. The summed E-state index contributed by atoms with van der Waals surface area (Å²) in [6, 6.07) is 6.60. The van der Waals surface area contributed by atoms with Gasteiger partial charge in [-0.25, -0.2) is 0 Å². The van der Waals surface area contributed by atoms with Crippen LogP contribution in [-0.4, -0.2) is 26.4 Å². The normalized spacial score (nSPS) is 18.2. The summed E-state index contributed by atoms with van der Waals surface area (Å²) >= 11 is 3.52. The summed E-state index contributed by atoms with van der Waals surface area (Å²) < 4.78 is 12.1. The molecule has 1 aliphatic rings. The highest BCUT2D eigenvalue weighted by Gasteiger charge is 2.20. The van der Waals surface area contributed by atoms with Gasteiger partial charge < -0.3 is 14.8 Å². The van der Waals surface area contributed by atoms with Crippen molar-refractivity contribution in [3.8, 4) is 5.75 Å². The monoisotopic (exact) mass is 313 g/mol. The van der Waals surface area contributed by atoms with Gasteiger partial charge in [-0.3, -0.25) is 0 Å². The Morgan fingerprint density at radius 1 is 1.50 bits per heavy atom. The third-order valence-corrected chi connectivity index (χ3v) is 3.56. The molecule has 1 N–H and O–H groups in total. The first-order valence-corrected chi connectivity index (χ1v) is 7.34. The maximum absolute atomic E-state index is 5.67. The Balaban J connectivity index is 1.89. The third-order valence-electron chi connectivity index (χ3n) is 3.07. The molecule has 0 aromatic heterocycles. The molecule has 2 rings (SSSR count). The van der Waals surface area contributed by atoms with Crippen molar-refractivity contribution in [2.75, 3.05) is 26.4 Å². The van der Waals surface area contributed by atoms with E-state index in [2.05, 4.69) is 27.3 Å². The van der Waals surface area contributed by atoms with E-state index in [-0.39, 0.29) is 0 Å². The van der Waals surface area contributed by atoms with Crippen molar-refractivity contribution in [2.45, 2.75) is 25.8 Å². The molecule has 1 aromatic carbocycles. The molecule has 0 saturated heterocycles. The summed E-state index contributed by atoms with van der Waals surface area (Å²) in [5.41, 5.74) is 1.26. The minimum atomic E-state index is 0.396. The quantitative estimate of drug-likeness (QED) is 0.817. The zero-order chi connectivity index (χ0) is 12.8. The predicted molar refractivity (Wildman–Crippen MR) is 76.1 cm³/mol. The van der Waals surface area contributed by atoms with Gasteiger partial charge in [-0.1, -0.05) is 15.9 Å². The molecule has 0 spiro atoms. The molecule has 1 unspecified atom stereocenters. The van der Waals surface area contributed by atoms with Crippen molar-refractivity contribution in [1.29, 1.82) is 0 Å². The van der Waals surface area contributed by atoms with E-state index < -0.39 is 0 Å². The maximum Gasteiger partial charge on any atom is 0.124 e. The van der Waals surface area contributed by atoms with Gasteiger partial charge in [-0.15, -0.1) is 0 Å². The first-order valence-electron chi connectivity index (χ1n) is 6.54. The Labute approximate surface area is 117 Å². The van der Waals surface area contributed by atoms with Gasteiger partial charge in [-0.2, -0.15) is 0 Å². The third kappa shape index (κ3) is 3.70. The molecule has 0 amide bonds. The molecule has 18 heavy (non-hydrogen) atoms. The summed E-state index contributed by atoms with van der Waals surface area (Å²) in [7, 11) is 0. The number of hydrogen-bond acceptors (Lipinski definition) is 3. The van der Waals surface area contributed by atoms with Gasteiger partial charge in [0.05, 0.1) is 6.61 Å². The summed E-state index contributed by atoms with van der Waals surface area (Å²) in [5.74, 6) is 1.01. The zero-order valence-corrected chi connectivity index (χ0v) is 12.3. The highest BCUT2D eigenvalue weighted by Crippen LogP contribution is 2.33. The number of nitrogens with one attached hydrogen (secondary N) is 1. The molecule has 0 saturated carbocycles. The second-order valence-corrected chi connectivity index (χ2v) is 5.29. The molecular formula is C14H20BrNO2. The van der Waals surface area contributed by atoms with E-state index in [1.54, 1.807) is 0 Å². The fourth-order valence-electron chi connectivity index (χ4n) is 2.17. The second-order valence-electron chi connectivity index (χ2n) is 4.38. The Kier molecular flexibility index (Phi) is 5.47. The number of rotatable bonds is 6. The van der Waals surface area contributed by atoms with E-state index in [1.165, 1.54) is 5.56 Å². The molecule has 100 valence electrons. The molecule has 0 aliphatic carbocycles. The van der Waals surface area contributed by atoms with Gasteiger partial charge in [0.15, 0.2) is 0 Å². The van der Waals surface area contributed by atoms with Crippen LogP contribution in [0, 0.1) is 0 Å². The van der Waals surface area contributed by atoms with Gasteiger partial charge in [-0.05, 0) is 38.1 Å². The van der Waals surface area contributed by atoms with Gasteiger partial charge in [0, 0.05) is 35.7 Å². The Hall–Kier alpha value is -0.580. The van der Waals surface area contributed by atoms with Crippen LogP contribution in [0.3, 0.4) is 0 Å². The van der Waals surface area contributed by atoms with Crippen molar-refractivity contribution in [3.63, 3.8) is 0 Å². The largest absolute Gasteiger partial charge is 0.493 e. The smallest absolute Gasteiger partial charge is 0.124 e. The minimum Gasteiger partial charge on any atom is -0.493 e. The lowest BCUT2D eigenvalue weighted by Crippen LogP contribution is -2.28. The highest BCUT2D eigenvalue weighted by atomic mass is 79.9. The first-order chi connectivity index (χ1) is 8.81. The lowest BCUT2D eigenvalue weighted by atomic mass is 10.0. The van der Waals surface area contributed by atoms with Crippen LogP contribution in [0.5, 0.6) is 5.75 Å². The molecular weight excluding hydrogens is 294 g/mol. The van der Waals surface area contributed by atoms with Gasteiger partial charge in [0.2, 0.25) is 0 Å². The van der Waals surface area contributed by atoms with E-state index in [4.69, 9.17) is 9.47 Å². The number of ether oxygens (including phenoxy) is 2. The van der Waals surface area contributed by atoms with Crippen LogP contribution in [0.1, 0.15) is 31.4 Å². The summed E-state index contributed by atoms with van der Waals surface area (Å²) in [6.07, 6.45) is 2.08. The fraction of sp³-hybridized carbons (Fsp3) is 0.571. The standard InChI is InChI=1S/C14H20BrNO2/c1-2-17-8-3-7-16-13-6-9-18-14-5-4-11(15)10-12(13)14/h4-5,10,13,16H,2-3,6-9H2,1H3. The van der Waals surface area contributed by atoms with Crippen LogP contribution in [0.4, 0.5) is 0 Å². The minimum absolute atomic E-state index is 0.396.